The minimum Gasteiger partial charge on any atom is -0.352 e. The fourth-order valence-corrected chi connectivity index (χ4v) is 4.31. The number of anilines is 1. The second-order valence-electron chi connectivity index (χ2n) is 9.14. The second kappa shape index (κ2) is 9.68. The lowest BCUT2D eigenvalue weighted by atomic mass is 10.00. The number of hydrogen-bond donors (Lipinski definition) is 1. The largest absolute Gasteiger partial charge is 0.352 e. The number of hydrogen-bond acceptors (Lipinski definition) is 6. The zero-order valence-electron chi connectivity index (χ0n) is 20.2. The maximum Gasteiger partial charge on any atom is 0.241 e. The van der Waals surface area contributed by atoms with Gasteiger partial charge in [0.25, 0.3) is 0 Å². The number of rotatable bonds is 6. The van der Waals surface area contributed by atoms with Crippen molar-refractivity contribution in [2.75, 3.05) is 18.0 Å². The fraction of sp³-hybridized carbons (Fsp3) is 0.480. The lowest BCUT2D eigenvalue weighted by Gasteiger charge is -2.32. The Morgan fingerprint density at radius 3 is 2.45 bits per heavy atom. The summed E-state index contributed by atoms with van der Waals surface area (Å²) >= 11 is 0. The van der Waals surface area contributed by atoms with Crippen LogP contribution in [0.1, 0.15) is 55.3 Å². The van der Waals surface area contributed by atoms with Gasteiger partial charge in [-0.15, -0.1) is 0 Å². The molecule has 0 atom stereocenters. The molecule has 174 valence electrons. The minimum absolute atomic E-state index is 0.0131. The van der Waals surface area contributed by atoms with E-state index in [0.717, 1.165) is 65.7 Å². The highest BCUT2D eigenvalue weighted by Gasteiger charge is 2.24. The Bertz CT molecular complexity index is 1120. The molecule has 1 saturated heterocycles. The van der Waals surface area contributed by atoms with Gasteiger partial charge in [-0.3, -0.25) is 14.5 Å². The highest BCUT2D eigenvalue weighted by atomic mass is 16.2. The van der Waals surface area contributed by atoms with E-state index in [1.165, 1.54) is 0 Å². The molecule has 8 nitrogen and oxygen atoms in total. The van der Waals surface area contributed by atoms with E-state index in [4.69, 9.17) is 4.98 Å². The van der Waals surface area contributed by atoms with Crippen LogP contribution in [0.15, 0.2) is 30.7 Å². The first-order valence-corrected chi connectivity index (χ1v) is 11.7. The molecular formula is C25H33N7O. The number of carbonyl (C=O) groups is 1. The maximum absolute atomic E-state index is 12.6. The molecule has 1 amide bonds. The van der Waals surface area contributed by atoms with Crippen molar-refractivity contribution < 1.29 is 4.79 Å². The van der Waals surface area contributed by atoms with Crippen molar-refractivity contribution in [1.82, 2.24) is 30.0 Å². The molecule has 3 aromatic rings. The number of nitrogens with zero attached hydrogens (tertiary/aromatic N) is 6. The normalized spacial score (nSPS) is 14.7. The van der Waals surface area contributed by atoms with Crippen LogP contribution in [0.3, 0.4) is 0 Å². The number of piperidine rings is 1. The molecule has 0 aliphatic carbocycles. The van der Waals surface area contributed by atoms with Crippen LogP contribution in [0.5, 0.6) is 0 Å². The van der Waals surface area contributed by atoms with Gasteiger partial charge in [0.05, 0.1) is 11.4 Å². The number of aromatic nitrogens is 5. The van der Waals surface area contributed by atoms with Gasteiger partial charge in [-0.25, -0.2) is 9.97 Å². The number of amides is 1. The van der Waals surface area contributed by atoms with E-state index < -0.39 is 0 Å². The Balaban J connectivity index is 1.38. The summed E-state index contributed by atoms with van der Waals surface area (Å²) in [5.41, 5.74) is 6.35. The predicted octanol–water partition coefficient (Wildman–Crippen LogP) is 3.57. The molecule has 4 heterocycles. The highest BCUT2D eigenvalue weighted by molar-refractivity contribution is 5.76. The molecule has 0 unspecified atom stereocenters. The summed E-state index contributed by atoms with van der Waals surface area (Å²) in [7, 11) is 0. The second-order valence-corrected chi connectivity index (χ2v) is 9.14. The van der Waals surface area contributed by atoms with Crippen LogP contribution < -0.4 is 10.2 Å². The van der Waals surface area contributed by atoms with Crippen LogP contribution in [0.4, 0.5) is 5.95 Å². The van der Waals surface area contributed by atoms with E-state index in [0.29, 0.717) is 0 Å². The van der Waals surface area contributed by atoms with E-state index in [2.05, 4.69) is 39.1 Å². The molecule has 1 aliphatic rings. The number of pyridine rings is 1. The van der Waals surface area contributed by atoms with Crippen molar-refractivity contribution in [1.29, 1.82) is 0 Å². The average Bonchev–Trinajstić information content (AvgIpc) is 3.06. The molecule has 0 saturated carbocycles. The van der Waals surface area contributed by atoms with Crippen LogP contribution in [-0.2, 0) is 11.3 Å². The molecule has 0 spiro atoms. The summed E-state index contributed by atoms with van der Waals surface area (Å²) in [4.78, 5) is 28.5. The number of nitrogens with one attached hydrogen (secondary N) is 1. The van der Waals surface area contributed by atoms with Gasteiger partial charge in [0.2, 0.25) is 11.9 Å². The summed E-state index contributed by atoms with van der Waals surface area (Å²) in [6, 6.07) is 4.14. The van der Waals surface area contributed by atoms with Crippen LogP contribution in [-0.4, -0.2) is 49.8 Å². The lowest BCUT2D eigenvalue weighted by Crippen LogP contribution is -2.46. The van der Waals surface area contributed by atoms with E-state index in [-0.39, 0.29) is 24.4 Å². The first-order chi connectivity index (χ1) is 15.8. The van der Waals surface area contributed by atoms with Crippen molar-refractivity contribution in [3.8, 4) is 11.1 Å². The van der Waals surface area contributed by atoms with Gasteiger partial charge in [0.15, 0.2) is 0 Å². The van der Waals surface area contributed by atoms with Gasteiger partial charge in [-0.2, -0.15) is 5.10 Å². The van der Waals surface area contributed by atoms with Crippen molar-refractivity contribution in [3.05, 3.63) is 53.4 Å². The summed E-state index contributed by atoms with van der Waals surface area (Å²) in [5, 5.41) is 7.66. The molecule has 1 N–H and O–H groups in total. The van der Waals surface area contributed by atoms with Gasteiger partial charge < -0.3 is 10.2 Å². The molecule has 4 rings (SSSR count). The van der Waals surface area contributed by atoms with E-state index in [1.807, 2.05) is 39.1 Å². The minimum atomic E-state index is 0.0131. The first-order valence-electron chi connectivity index (χ1n) is 11.7. The fourth-order valence-electron chi connectivity index (χ4n) is 4.31. The Morgan fingerprint density at radius 1 is 1.15 bits per heavy atom. The van der Waals surface area contributed by atoms with E-state index in [1.54, 1.807) is 17.1 Å². The maximum atomic E-state index is 12.6. The Kier molecular flexibility index (Phi) is 6.72. The van der Waals surface area contributed by atoms with Crippen LogP contribution in [0, 0.1) is 20.8 Å². The molecule has 1 fully saturated rings. The third-order valence-electron chi connectivity index (χ3n) is 6.52. The van der Waals surface area contributed by atoms with Crippen LogP contribution in [0.25, 0.3) is 11.1 Å². The number of carbonyl (C=O) groups excluding carboxylic acids is 1. The average molecular weight is 448 g/mol. The molecule has 0 radical (unpaired) electrons. The molecule has 0 aromatic carbocycles. The Labute approximate surface area is 195 Å². The Hall–Kier alpha value is -3.29. The molecule has 3 aromatic heterocycles. The van der Waals surface area contributed by atoms with Crippen molar-refractivity contribution in [2.45, 2.75) is 66.0 Å². The summed E-state index contributed by atoms with van der Waals surface area (Å²) in [6.07, 6.45) is 7.25. The van der Waals surface area contributed by atoms with Gasteiger partial charge >= 0.3 is 0 Å². The van der Waals surface area contributed by atoms with Crippen LogP contribution in [0.2, 0.25) is 0 Å². The van der Waals surface area contributed by atoms with E-state index in [9.17, 15) is 4.79 Å². The summed E-state index contributed by atoms with van der Waals surface area (Å²) < 4.78 is 1.79. The third kappa shape index (κ3) is 5.05. The van der Waals surface area contributed by atoms with Gasteiger partial charge in [0.1, 0.15) is 6.54 Å². The monoisotopic (exact) mass is 447 g/mol. The molecule has 8 heteroatoms. The zero-order chi connectivity index (χ0) is 23.5. The van der Waals surface area contributed by atoms with Crippen molar-refractivity contribution in [2.24, 2.45) is 0 Å². The van der Waals surface area contributed by atoms with Crippen molar-refractivity contribution in [3.63, 3.8) is 0 Å². The van der Waals surface area contributed by atoms with Gasteiger partial charge in [-0.1, -0.05) is 13.8 Å². The zero-order valence-corrected chi connectivity index (χ0v) is 20.2. The third-order valence-corrected chi connectivity index (χ3v) is 6.52. The molecule has 1 aliphatic heterocycles. The van der Waals surface area contributed by atoms with Gasteiger partial charge in [-0.05, 0) is 62.8 Å². The Morgan fingerprint density at radius 2 is 1.85 bits per heavy atom. The molecule has 33 heavy (non-hydrogen) atoms. The standard InChI is InChI=1S/C25H33N7O/c1-16(2)24-22(20-6-10-26-11-7-20)14-27-25(29-24)31-12-8-21(9-13-31)28-23(33)15-32-19(5)17(3)18(4)30-32/h6-7,10-11,14,16,21H,8-9,12-13,15H2,1-5H3,(H,28,33). The SMILES string of the molecule is Cc1nn(CC(=O)NC2CCN(c3ncc(-c4ccncc4)c(C(C)C)n3)CC2)c(C)c1C. The van der Waals surface area contributed by atoms with Gasteiger partial charge in [0, 0.05) is 49.0 Å². The molecule has 0 bridgehead atoms. The smallest absolute Gasteiger partial charge is 0.241 e. The number of aryl methyl sites for hydroxylation is 1. The van der Waals surface area contributed by atoms with Crippen LogP contribution >= 0.6 is 0 Å². The first kappa shape index (κ1) is 22.9. The summed E-state index contributed by atoms with van der Waals surface area (Å²) in [5.74, 6) is 1.06. The predicted molar refractivity (Wildman–Crippen MR) is 129 cm³/mol. The highest BCUT2D eigenvalue weighted by Crippen LogP contribution is 2.29. The topological polar surface area (TPSA) is 88.8 Å². The quantitative estimate of drug-likeness (QED) is 0.621. The molecular weight excluding hydrogens is 414 g/mol. The summed E-state index contributed by atoms with van der Waals surface area (Å²) in [6.45, 7) is 12.2. The van der Waals surface area contributed by atoms with E-state index >= 15 is 0 Å². The lowest BCUT2D eigenvalue weighted by molar-refractivity contribution is -0.122. The van der Waals surface area contributed by atoms with Crippen molar-refractivity contribution >= 4 is 11.9 Å².